The number of aliphatic hydroxyl groups excluding tert-OH is 2. The third-order valence-electron chi connectivity index (χ3n) is 4.23. The molecule has 0 aromatic carbocycles. The minimum Gasteiger partial charge on any atom is -0.463 e. The molecule has 0 amide bonds. The van der Waals surface area contributed by atoms with Crippen molar-refractivity contribution in [2.24, 2.45) is 0 Å². The lowest BCUT2D eigenvalue weighted by Gasteiger charge is -2.11. The fourth-order valence-corrected chi connectivity index (χ4v) is 2.50. The average Bonchev–Trinajstić information content (AvgIpc) is 2.74. The average molecular weight is 437 g/mol. The second-order valence-corrected chi connectivity index (χ2v) is 7.32. The summed E-state index contributed by atoms with van der Waals surface area (Å²) in [5.41, 5.74) is 0. The molecule has 0 aromatic heterocycles. The van der Waals surface area contributed by atoms with Gasteiger partial charge in [-0.1, -0.05) is 68.4 Å². The van der Waals surface area contributed by atoms with Gasteiger partial charge in [-0.2, -0.15) is 0 Å². The minimum absolute atomic E-state index is 0.152. The molecular formula is C25H40O6. The molecule has 0 fully saturated rings. The highest BCUT2D eigenvalue weighted by atomic mass is 16.6. The van der Waals surface area contributed by atoms with E-state index in [1.165, 1.54) is 26.2 Å². The van der Waals surface area contributed by atoms with Crippen LogP contribution in [0.25, 0.3) is 0 Å². The van der Waals surface area contributed by atoms with Gasteiger partial charge in [-0.05, 0) is 38.5 Å². The molecule has 0 aromatic rings. The minimum atomic E-state index is -1.03. The lowest BCUT2D eigenvalue weighted by molar-refractivity contribution is -0.151. The summed E-state index contributed by atoms with van der Waals surface area (Å²) in [5, 5.41) is 19.4. The maximum Gasteiger partial charge on any atom is 0.305 e. The van der Waals surface area contributed by atoms with Crippen LogP contribution in [0.2, 0.25) is 0 Å². The lowest BCUT2D eigenvalue weighted by atomic mass is 10.1. The molecule has 0 spiro atoms. The van der Waals surface area contributed by atoms with Crippen molar-refractivity contribution in [3.63, 3.8) is 0 Å². The zero-order chi connectivity index (χ0) is 23.2. The van der Waals surface area contributed by atoms with Gasteiger partial charge >= 0.3 is 11.9 Å². The second-order valence-electron chi connectivity index (χ2n) is 7.32. The van der Waals surface area contributed by atoms with E-state index < -0.39 is 24.1 Å². The summed E-state index contributed by atoms with van der Waals surface area (Å²) in [5.74, 6) is -0.958. The topological polar surface area (TPSA) is 93.1 Å². The number of carbonyl (C=O) groups excluding carboxylic acids is 2. The normalized spacial score (nSPS) is 14.1. The van der Waals surface area contributed by atoms with Gasteiger partial charge < -0.3 is 19.7 Å². The van der Waals surface area contributed by atoms with E-state index in [4.69, 9.17) is 4.74 Å². The van der Waals surface area contributed by atoms with Crippen molar-refractivity contribution in [2.45, 2.75) is 83.8 Å². The molecule has 0 heterocycles. The highest BCUT2D eigenvalue weighted by molar-refractivity contribution is 5.69. The predicted molar refractivity (Wildman–Crippen MR) is 123 cm³/mol. The molecule has 0 rings (SSSR count). The summed E-state index contributed by atoms with van der Waals surface area (Å²) in [6.07, 6.45) is 22.3. The van der Waals surface area contributed by atoms with E-state index in [-0.39, 0.29) is 19.6 Å². The Morgan fingerprint density at radius 3 is 2.26 bits per heavy atom. The fraction of sp³-hybridized carbons (Fsp3) is 0.600. The summed E-state index contributed by atoms with van der Waals surface area (Å²) < 4.78 is 9.51. The van der Waals surface area contributed by atoms with Gasteiger partial charge in [-0.3, -0.25) is 9.59 Å². The number of hydrogen-bond acceptors (Lipinski definition) is 6. The molecule has 0 radical (unpaired) electrons. The Kier molecular flexibility index (Phi) is 19.6. The Morgan fingerprint density at radius 1 is 0.871 bits per heavy atom. The van der Waals surface area contributed by atoms with Crippen LogP contribution in [0, 0.1) is 0 Å². The first kappa shape index (κ1) is 28.8. The number of hydrogen-bond donors (Lipinski definition) is 2. The number of esters is 2. The molecule has 6 nitrogen and oxygen atoms in total. The quantitative estimate of drug-likeness (QED) is 0.141. The summed E-state index contributed by atoms with van der Waals surface area (Å²) in [6.45, 7) is 3.03. The van der Waals surface area contributed by atoms with Crippen LogP contribution in [0.3, 0.4) is 0 Å². The van der Waals surface area contributed by atoms with E-state index in [9.17, 15) is 19.8 Å². The summed E-state index contributed by atoms with van der Waals surface area (Å²) in [6, 6.07) is 0. The summed E-state index contributed by atoms with van der Waals surface area (Å²) in [7, 11) is 0. The molecule has 0 unspecified atom stereocenters. The van der Waals surface area contributed by atoms with Crippen LogP contribution in [0.4, 0.5) is 0 Å². The van der Waals surface area contributed by atoms with Crippen molar-refractivity contribution in [3.8, 4) is 0 Å². The van der Waals surface area contributed by atoms with Crippen molar-refractivity contribution in [3.05, 3.63) is 48.6 Å². The number of rotatable bonds is 18. The zero-order valence-corrected chi connectivity index (χ0v) is 19.1. The van der Waals surface area contributed by atoms with Crippen LogP contribution in [0.15, 0.2) is 48.6 Å². The maximum atomic E-state index is 11.6. The number of aliphatic hydroxyl groups is 2. The fourth-order valence-electron chi connectivity index (χ4n) is 2.50. The highest BCUT2D eigenvalue weighted by Crippen LogP contribution is 2.05. The molecule has 0 bridgehead atoms. The SMILES string of the molecule is CCCCC/C=C\C/C=C\C/C=C\C=C\[C@@H](O)CCCC(=O)OC[C@H](O)COC(C)=O. The maximum absolute atomic E-state index is 11.6. The van der Waals surface area contributed by atoms with Crippen molar-refractivity contribution in [2.75, 3.05) is 13.2 Å². The molecule has 0 aliphatic rings. The molecule has 0 saturated carbocycles. The Hall–Kier alpha value is -2.18. The number of allylic oxidation sites excluding steroid dienone is 7. The van der Waals surface area contributed by atoms with Gasteiger partial charge in [0, 0.05) is 13.3 Å². The predicted octanol–water partition coefficient (Wildman–Crippen LogP) is 4.57. The molecule has 0 aliphatic heterocycles. The number of ether oxygens (including phenoxy) is 2. The zero-order valence-electron chi connectivity index (χ0n) is 19.1. The molecule has 2 N–H and O–H groups in total. The third-order valence-corrected chi connectivity index (χ3v) is 4.23. The highest BCUT2D eigenvalue weighted by Gasteiger charge is 2.11. The number of carbonyl (C=O) groups is 2. The van der Waals surface area contributed by atoms with Crippen LogP contribution >= 0.6 is 0 Å². The largest absolute Gasteiger partial charge is 0.463 e. The first-order valence-corrected chi connectivity index (χ1v) is 11.2. The molecule has 2 atom stereocenters. The molecular weight excluding hydrogens is 396 g/mol. The molecule has 176 valence electrons. The van der Waals surface area contributed by atoms with Gasteiger partial charge in [0.25, 0.3) is 0 Å². The molecule has 0 saturated heterocycles. The van der Waals surface area contributed by atoms with E-state index in [2.05, 4.69) is 36.0 Å². The summed E-state index contributed by atoms with van der Waals surface area (Å²) in [4.78, 5) is 22.2. The van der Waals surface area contributed by atoms with Gasteiger partial charge in [-0.25, -0.2) is 0 Å². The van der Waals surface area contributed by atoms with Crippen LogP contribution in [-0.4, -0.2) is 47.6 Å². The van der Waals surface area contributed by atoms with E-state index in [0.717, 1.165) is 19.3 Å². The smallest absolute Gasteiger partial charge is 0.305 e. The second kappa shape index (κ2) is 21.1. The van der Waals surface area contributed by atoms with Crippen LogP contribution in [0.5, 0.6) is 0 Å². The lowest BCUT2D eigenvalue weighted by Crippen LogP contribution is -2.24. The Bertz CT molecular complexity index is 577. The Morgan fingerprint density at radius 2 is 1.55 bits per heavy atom. The summed E-state index contributed by atoms with van der Waals surface area (Å²) >= 11 is 0. The van der Waals surface area contributed by atoms with Crippen LogP contribution in [-0.2, 0) is 19.1 Å². The van der Waals surface area contributed by atoms with Gasteiger partial charge in [0.1, 0.15) is 19.3 Å². The first-order valence-electron chi connectivity index (χ1n) is 11.2. The number of unbranched alkanes of at least 4 members (excludes halogenated alkanes) is 3. The van der Waals surface area contributed by atoms with E-state index >= 15 is 0 Å². The third kappa shape index (κ3) is 22.3. The van der Waals surface area contributed by atoms with Gasteiger partial charge in [0.2, 0.25) is 0 Å². The van der Waals surface area contributed by atoms with Crippen molar-refractivity contribution in [1.82, 2.24) is 0 Å². The van der Waals surface area contributed by atoms with Gasteiger partial charge in [0.15, 0.2) is 0 Å². The standard InChI is InChI=1S/C25H40O6/c1-3-4-5-6-7-8-9-10-11-12-13-14-15-17-23(27)18-16-19-25(29)31-21-24(28)20-30-22(2)26/h7-8,10-11,13-15,17,23-24,27-28H,3-6,9,12,16,18-21H2,1-2H3/b8-7-,11-10-,14-13-,17-15+/t23-,24-/m1/s1. The van der Waals surface area contributed by atoms with E-state index in [0.29, 0.717) is 12.8 Å². The van der Waals surface area contributed by atoms with Crippen LogP contribution in [0.1, 0.15) is 71.6 Å². The monoisotopic (exact) mass is 436 g/mol. The Labute approximate surface area is 187 Å². The van der Waals surface area contributed by atoms with Crippen molar-refractivity contribution < 1.29 is 29.3 Å². The van der Waals surface area contributed by atoms with Crippen molar-refractivity contribution in [1.29, 1.82) is 0 Å². The molecule has 31 heavy (non-hydrogen) atoms. The van der Waals surface area contributed by atoms with Crippen molar-refractivity contribution >= 4 is 11.9 Å². The first-order chi connectivity index (χ1) is 15.0. The molecule has 6 heteroatoms. The van der Waals surface area contributed by atoms with Gasteiger partial charge in [-0.15, -0.1) is 0 Å². The Balaban J connectivity index is 3.74. The van der Waals surface area contributed by atoms with Crippen LogP contribution < -0.4 is 0 Å². The van der Waals surface area contributed by atoms with Gasteiger partial charge in [0.05, 0.1) is 6.10 Å². The van der Waals surface area contributed by atoms with E-state index in [1.54, 1.807) is 12.2 Å². The van der Waals surface area contributed by atoms with E-state index in [1.807, 2.05) is 12.2 Å². The molecule has 0 aliphatic carbocycles.